The van der Waals surface area contributed by atoms with Gasteiger partial charge in [-0.2, -0.15) is 13.2 Å². The number of alkyl halides is 3. The highest BCUT2D eigenvalue weighted by atomic mass is 19.4. The molecule has 0 unspecified atom stereocenters. The summed E-state index contributed by atoms with van der Waals surface area (Å²) in [6.45, 7) is 4.11. The van der Waals surface area contributed by atoms with Crippen molar-refractivity contribution in [1.29, 1.82) is 0 Å². The summed E-state index contributed by atoms with van der Waals surface area (Å²) in [6.07, 6.45) is 2.72. The minimum atomic E-state index is -4.53. The van der Waals surface area contributed by atoms with Crippen LogP contribution in [0.15, 0.2) is 30.3 Å². The number of nitrogens with one attached hydrogen (secondary N) is 1. The van der Waals surface area contributed by atoms with Crippen molar-refractivity contribution in [2.24, 2.45) is 11.8 Å². The van der Waals surface area contributed by atoms with E-state index in [1.165, 1.54) is 6.07 Å². The number of rotatable bonds is 7. The van der Waals surface area contributed by atoms with Gasteiger partial charge in [0, 0.05) is 12.1 Å². The third-order valence-corrected chi connectivity index (χ3v) is 8.02. The van der Waals surface area contributed by atoms with Crippen LogP contribution in [0.25, 0.3) is 10.8 Å². The fourth-order valence-electron chi connectivity index (χ4n) is 5.77. The SMILES string of the molecule is CC[C@H]1CC[C@@H](Oc2ccc3ccc([C@@H](C)N[C@H]4CC[C@@H](C(=O)O)CC4)cc3c2C(F)(F)F)CC1. The molecule has 4 rings (SSSR count). The van der Waals surface area contributed by atoms with Crippen LogP contribution in [0.1, 0.15) is 88.8 Å². The summed E-state index contributed by atoms with van der Waals surface area (Å²) in [4.78, 5) is 11.2. The second kappa shape index (κ2) is 10.8. The Morgan fingerprint density at radius 1 is 1.06 bits per heavy atom. The highest BCUT2D eigenvalue weighted by Gasteiger charge is 2.37. The van der Waals surface area contributed by atoms with Crippen LogP contribution >= 0.6 is 0 Å². The normalized spacial score (nSPS) is 26.4. The highest BCUT2D eigenvalue weighted by molar-refractivity contribution is 5.89. The van der Waals surface area contributed by atoms with Crippen molar-refractivity contribution in [1.82, 2.24) is 5.32 Å². The van der Waals surface area contributed by atoms with E-state index in [2.05, 4.69) is 12.2 Å². The van der Waals surface area contributed by atoms with Crippen LogP contribution in [0.5, 0.6) is 5.75 Å². The maximum Gasteiger partial charge on any atom is 0.420 e. The number of carbonyl (C=O) groups is 1. The summed E-state index contributed by atoms with van der Waals surface area (Å²) >= 11 is 0. The first-order valence-electron chi connectivity index (χ1n) is 12.9. The van der Waals surface area contributed by atoms with Gasteiger partial charge in [-0.3, -0.25) is 4.79 Å². The van der Waals surface area contributed by atoms with Crippen LogP contribution in [0.4, 0.5) is 13.2 Å². The zero-order valence-electron chi connectivity index (χ0n) is 20.5. The fourth-order valence-corrected chi connectivity index (χ4v) is 5.77. The van der Waals surface area contributed by atoms with E-state index in [4.69, 9.17) is 4.74 Å². The topological polar surface area (TPSA) is 58.6 Å². The molecule has 35 heavy (non-hydrogen) atoms. The maximum atomic E-state index is 14.3. The lowest BCUT2D eigenvalue weighted by atomic mass is 9.85. The van der Waals surface area contributed by atoms with Gasteiger partial charge in [0.05, 0.1) is 12.0 Å². The Bertz CT molecular complexity index is 1020. The molecule has 0 radical (unpaired) electrons. The summed E-state index contributed by atoms with van der Waals surface area (Å²) in [5.41, 5.74) is 0.0904. The molecule has 2 saturated carbocycles. The Hall–Kier alpha value is -2.28. The van der Waals surface area contributed by atoms with Gasteiger partial charge >= 0.3 is 12.1 Å². The molecule has 1 atom stereocenters. The van der Waals surface area contributed by atoms with Crippen LogP contribution in [0.3, 0.4) is 0 Å². The molecule has 2 fully saturated rings. The van der Waals surface area contributed by atoms with Crippen LogP contribution in [0.2, 0.25) is 0 Å². The predicted molar refractivity (Wildman–Crippen MR) is 131 cm³/mol. The van der Waals surface area contributed by atoms with Crippen molar-refractivity contribution < 1.29 is 27.8 Å². The molecular formula is C28H36F3NO3. The first-order valence-corrected chi connectivity index (χ1v) is 12.9. The molecule has 0 saturated heterocycles. The number of fused-ring (bicyclic) bond motifs is 1. The Morgan fingerprint density at radius 3 is 2.31 bits per heavy atom. The molecule has 0 bridgehead atoms. The molecule has 0 aliphatic heterocycles. The van der Waals surface area contributed by atoms with Gasteiger partial charge in [0.2, 0.25) is 0 Å². The largest absolute Gasteiger partial charge is 0.490 e. The monoisotopic (exact) mass is 491 g/mol. The van der Waals surface area contributed by atoms with Gasteiger partial charge in [-0.15, -0.1) is 0 Å². The number of carboxylic acids is 1. The summed E-state index contributed by atoms with van der Waals surface area (Å²) in [6, 6.07) is 8.45. The molecule has 0 aromatic heterocycles. The minimum Gasteiger partial charge on any atom is -0.490 e. The van der Waals surface area contributed by atoms with Gasteiger partial charge in [0.25, 0.3) is 0 Å². The molecule has 7 heteroatoms. The molecule has 2 aliphatic rings. The first kappa shape index (κ1) is 25.8. The molecule has 2 aliphatic carbocycles. The zero-order valence-corrected chi connectivity index (χ0v) is 20.5. The zero-order chi connectivity index (χ0) is 25.2. The van der Waals surface area contributed by atoms with Crippen molar-refractivity contribution in [3.05, 3.63) is 41.5 Å². The maximum absolute atomic E-state index is 14.3. The Morgan fingerprint density at radius 2 is 1.71 bits per heavy atom. The molecule has 4 nitrogen and oxygen atoms in total. The molecule has 0 heterocycles. The average Bonchev–Trinajstić information content (AvgIpc) is 2.83. The fraction of sp³-hybridized carbons (Fsp3) is 0.607. The highest BCUT2D eigenvalue weighted by Crippen LogP contribution is 2.43. The van der Waals surface area contributed by atoms with Gasteiger partial charge in [0.15, 0.2) is 0 Å². The van der Waals surface area contributed by atoms with Crippen LogP contribution < -0.4 is 10.1 Å². The summed E-state index contributed by atoms with van der Waals surface area (Å²) in [5.74, 6) is -0.477. The van der Waals surface area contributed by atoms with Crippen molar-refractivity contribution in [2.45, 2.75) is 96.0 Å². The van der Waals surface area contributed by atoms with Gasteiger partial charge in [-0.05, 0) is 92.7 Å². The number of hydrogen-bond donors (Lipinski definition) is 2. The van der Waals surface area contributed by atoms with Gasteiger partial charge in [-0.25, -0.2) is 0 Å². The Kier molecular flexibility index (Phi) is 7.94. The first-order chi connectivity index (χ1) is 16.7. The number of aliphatic carboxylic acids is 1. The number of halogens is 3. The van der Waals surface area contributed by atoms with E-state index >= 15 is 0 Å². The third kappa shape index (κ3) is 6.11. The van der Waals surface area contributed by atoms with Gasteiger partial charge in [0.1, 0.15) is 11.3 Å². The lowest BCUT2D eigenvalue weighted by Crippen LogP contribution is -2.36. The number of ether oxygens (including phenoxy) is 1. The Labute approximate surface area is 205 Å². The van der Waals surface area contributed by atoms with E-state index < -0.39 is 17.7 Å². The lowest BCUT2D eigenvalue weighted by molar-refractivity contribution is -0.143. The molecule has 192 valence electrons. The van der Waals surface area contributed by atoms with E-state index in [0.29, 0.717) is 24.1 Å². The van der Waals surface area contributed by atoms with E-state index in [1.807, 2.05) is 13.0 Å². The molecule has 0 spiro atoms. The summed E-state index contributed by atoms with van der Waals surface area (Å²) in [5, 5.41) is 13.4. The van der Waals surface area contributed by atoms with Gasteiger partial charge < -0.3 is 15.2 Å². The lowest BCUT2D eigenvalue weighted by Gasteiger charge is -2.30. The molecule has 2 N–H and O–H groups in total. The average molecular weight is 492 g/mol. The second-order valence-electron chi connectivity index (χ2n) is 10.4. The minimum absolute atomic E-state index is 0.0743. The van der Waals surface area contributed by atoms with Crippen molar-refractivity contribution in [3.63, 3.8) is 0 Å². The van der Waals surface area contributed by atoms with E-state index in [-0.39, 0.29) is 35.2 Å². The number of hydrogen-bond acceptors (Lipinski definition) is 3. The molecule has 0 amide bonds. The molecule has 2 aromatic rings. The van der Waals surface area contributed by atoms with Gasteiger partial charge in [-0.1, -0.05) is 31.5 Å². The van der Waals surface area contributed by atoms with Crippen molar-refractivity contribution in [3.8, 4) is 5.75 Å². The van der Waals surface area contributed by atoms with E-state index in [0.717, 1.165) is 50.5 Å². The van der Waals surface area contributed by atoms with Crippen molar-refractivity contribution in [2.75, 3.05) is 0 Å². The van der Waals surface area contributed by atoms with E-state index in [9.17, 15) is 23.1 Å². The third-order valence-electron chi connectivity index (χ3n) is 8.02. The molecular weight excluding hydrogens is 455 g/mol. The Balaban J connectivity index is 1.55. The van der Waals surface area contributed by atoms with Crippen LogP contribution in [-0.4, -0.2) is 23.2 Å². The van der Waals surface area contributed by atoms with Crippen LogP contribution in [0, 0.1) is 11.8 Å². The quantitative estimate of drug-likeness (QED) is 0.421. The van der Waals surface area contributed by atoms with Crippen molar-refractivity contribution >= 4 is 16.7 Å². The molecule has 2 aromatic carbocycles. The van der Waals surface area contributed by atoms with Crippen LogP contribution in [-0.2, 0) is 11.0 Å². The predicted octanol–water partition coefficient (Wildman–Crippen LogP) is 7.50. The second-order valence-corrected chi connectivity index (χ2v) is 10.4. The smallest absolute Gasteiger partial charge is 0.420 e. The number of benzene rings is 2. The van der Waals surface area contributed by atoms with E-state index in [1.54, 1.807) is 18.2 Å². The summed E-state index contributed by atoms with van der Waals surface area (Å²) in [7, 11) is 0. The summed E-state index contributed by atoms with van der Waals surface area (Å²) < 4.78 is 48.9. The standard InChI is InChI=1S/C28H36F3NO3/c1-3-18-4-13-23(14-5-18)35-25-15-10-19-6-7-21(16-24(19)26(25)28(29,30)31)17(2)32-22-11-8-20(9-12-22)27(33)34/h6-7,10,15-18,20,22-23,32H,3-5,8-9,11-14H2,1-2H3,(H,33,34)/t17-,18-,20-,22+,23+/m1/s1. The number of carboxylic acid groups (broad SMARTS) is 1.